The Morgan fingerprint density at radius 3 is 1.53 bits per heavy atom. The topological polar surface area (TPSA) is 138 Å². The quantitative estimate of drug-likeness (QED) is 0.138. The number of fused-ring (bicyclic) bond motifs is 2. The van der Waals surface area contributed by atoms with Crippen molar-refractivity contribution in [1.29, 1.82) is 0 Å². The molecule has 10 rings (SSSR count). The first-order valence-electron chi connectivity index (χ1n) is 19.7. The summed E-state index contributed by atoms with van der Waals surface area (Å²) < 4.78 is 14.5. The van der Waals surface area contributed by atoms with Crippen molar-refractivity contribution in [3.63, 3.8) is 0 Å². The number of hydrogen-bond donors (Lipinski definition) is 2. The molecule has 10 aromatic rings. The van der Waals surface area contributed by atoms with Gasteiger partial charge in [0.15, 0.2) is 0 Å². The predicted molar refractivity (Wildman–Crippen MR) is 235 cm³/mol. The van der Waals surface area contributed by atoms with Crippen LogP contribution in [0.25, 0.3) is 56.2 Å². The molecule has 0 aliphatic rings. The van der Waals surface area contributed by atoms with Crippen molar-refractivity contribution in [1.82, 2.24) is 39.0 Å². The first-order chi connectivity index (χ1) is 29.3. The molecule has 2 atom stereocenters. The minimum atomic E-state index is 0.0559. The lowest BCUT2D eigenvalue weighted by molar-refractivity contribution is 0.568. The Kier molecular flexibility index (Phi) is 10.4. The molecule has 0 radical (unpaired) electrons. The summed E-state index contributed by atoms with van der Waals surface area (Å²) >= 11 is 0. The Balaban J connectivity index is 0.000000154. The number of anilines is 2. The number of benzene rings is 4. The Hall–Kier alpha value is -7.86. The van der Waals surface area contributed by atoms with Crippen LogP contribution in [0, 0.1) is 13.8 Å². The van der Waals surface area contributed by atoms with Crippen molar-refractivity contribution in [3.05, 3.63) is 181 Å². The van der Waals surface area contributed by atoms with Crippen molar-refractivity contribution >= 4 is 34.0 Å². The standard InChI is InChI=1S/2C24H21N5O/c1-16-8-9-22-21(12-16)25-15-29(22)23-13-20(19-10-11-30-14-19)27-24(28-23)26-17(2)18-6-4-3-5-7-18;1-16-8-9-20-22(12-16)29(15-25-20)23-13-21(19-10-11-30-14-19)27-24(28-23)26-17(2)18-6-4-3-5-7-18/h2*3-15,17H,1-2H3,(H,26,27,28)/t2*17-/m00/s1. The Morgan fingerprint density at radius 2 is 1.00 bits per heavy atom. The van der Waals surface area contributed by atoms with Gasteiger partial charge < -0.3 is 19.5 Å². The average molecular weight is 791 g/mol. The first-order valence-corrected chi connectivity index (χ1v) is 19.7. The minimum absolute atomic E-state index is 0.0559. The second-order valence-electron chi connectivity index (χ2n) is 14.7. The fraction of sp³-hybridized carbons (Fsp3) is 0.125. The van der Waals surface area contributed by atoms with E-state index in [2.05, 4.69) is 103 Å². The van der Waals surface area contributed by atoms with Crippen LogP contribution in [0.15, 0.2) is 168 Å². The number of furan rings is 2. The molecule has 6 aromatic heterocycles. The zero-order valence-corrected chi connectivity index (χ0v) is 33.6. The second kappa shape index (κ2) is 16.5. The summed E-state index contributed by atoms with van der Waals surface area (Å²) in [4.78, 5) is 28.1. The fourth-order valence-electron chi connectivity index (χ4n) is 7.00. The van der Waals surface area contributed by atoms with E-state index in [-0.39, 0.29) is 12.1 Å². The van der Waals surface area contributed by atoms with Gasteiger partial charge in [0.05, 0.1) is 70.6 Å². The molecular formula is C48H42N10O2. The minimum Gasteiger partial charge on any atom is -0.472 e. The van der Waals surface area contributed by atoms with Crippen LogP contribution in [0.4, 0.5) is 11.9 Å². The maximum Gasteiger partial charge on any atom is 0.225 e. The van der Waals surface area contributed by atoms with Gasteiger partial charge in [-0.15, -0.1) is 0 Å². The summed E-state index contributed by atoms with van der Waals surface area (Å²) in [6.45, 7) is 8.33. The third-order valence-electron chi connectivity index (χ3n) is 10.2. The van der Waals surface area contributed by atoms with Gasteiger partial charge in [0.25, 0.3) is 0 Å². The van der Waals surface area contributed by atoms with Crippen LogP contribution in [0.5, 0.6) is 0 Å². The highest BCUT2D eigenvalue weighted by Gasteiger charge is 2.16. The summed E-state index contributed by atoms with van der Waals surface area (Å²) in [5.41, 5.74) is 11.9. The molecule has 0 aliphatic carbocycles. The van der Waals surface area contributed by atoms with E-state index in [0.717, 1.165) is 56.2 Å². The molecule has 0 aliphatic heterocycles. The number of rotatable bonds is 10. The Morgan fingerprint density at radius 1 is 0.500 bits per heavy atom. The number of nitrogens with zero attached hydrogens (tertiary/aromatic N) is 8. The molecule has 0 spiro atoms. The fourth-order valence-corrected chi connectivity index (χ4v) is 7.00. The molecular weight excluding hydrogens is 749 g/mol. The summed E-state index contributed by atoms with van der Waals surface area (Å²) in [7, 11) is 0. The van der Waals surface area contributed by atoms with Gasteiger partial charge in [-0.25, -0.2) is 19.9 Å². The molecule has 6 heterocycles. The van der Waals surface area contributed by atoms with E-state index >= 15 is 0 Å². The third kappa shape index (κ3) is 8.12. The van der Waals surface area contributed by atoms with Gasteiger partial charge in [0, 0.05) is 23.3 Å². The summed E-state index contributed by atoms with van der Waals surface area (Å²) in [6, 6.07) is 40.7. The number of hydrogen-bond acceptors (Lipinski definition) is 10. The molecule has 12 heteroatoms. The molecule has 60 heavy (non-hydrogen) atoms. The second-order valence-corrected chi connectivity index (χ2v) is 14.7. The first kappa shape index (κ1) is 37.7. The van der Waals surface area contributed by atoms with E-state index in [4.69, 9.17) is 28.8 Å². The lowest BCUT2D eigenvalue weighted by atomic mass is 10.1. The maximum atomic E-state index is 5.28. The van der Waals surface area contributed by atoms with Crippen molar-refractivity contribution in [2.45, 2.75) is 39.8 Å². The molecule has 12 nitrogen and oxygen atoms in total. The zero-order valence-electron chi connectivity index (χ0n) is 33.6. The van der Waals surface area contributed by atoms with E-state index in [1.165, 1.54) is 22.3 Å². The van der Waals surface area contributed by atoms with Gasteiger partial charge in [0.2, 0.25) is 11.9 Å². The maximum absolute atomic E-state index is 5.28. The van der Waals surface area contributed by atoms with E-state index in [1.807, 2.05) is 75.9 Å². The van der Waals surface area contributed by atoms with Gasteiger partial charge in [-0.05, 0) is 86.3 Å². The molecule has 0 fully saturated rings. The van der Waals surface area contributed by atoms with Gasteiger partial charge in [-0.3, -0.25) is 9.13 Å². The number of aryl methyl sites for hydroxylation is 2. The van der Waals surface area contributed by atoms with Crippen LogP contribution >= 0.6 is 0 Å². The van der Waals surface area contributed by atoms with Crippen molar-refractivity contribution in [3.8, 4) is 34.2 Å². The average Bonchev–Trinajstić information content (AvgIpc) is 4.12. The van der Waals surface area contributed by atoms with Crippen molar-refractivity contribution in [2.75, 3.05) is 10.6 Å². The Labute approximate surface area is 346 Å². The lowest BCUT2D eigenvalue weighted by Crippen LogP contribution is -2.11. The highest BCUT2D eigenvalue weighted by molar-refractivity contribution is 5.79. The molecule has 0 bridgehead atoms. The molecule has 0 saturated heterocycles. The van der Waals surface area contributed by atoms with E-state index in [1.54, 1.807) is 37.7 Å². The van der Waals surface area contributed by atoms with Crippen LogP contribution in [0.3, 0.4) is 0 Å². The highest BCUT2D eigenvalue weighted by Crippen LogP contribution is 2.28. The number of nitrogens with one attached hydrogen (secondary N) is 2. The number of imidazole rings is 2. The summed E-state index contributed by atoms with van der Waals surface area (Å²) in [5.74, 6) is 2.59. The van der Waals surface area contributed by atoms with E-state index in [0.29, 0.717) is 11.9 Å². The molecule has 296 valence electrons. The largest absolute Gasteiger partial charge is 0.472 e. The van der Waals surface area contributed by atoms with E-state index < -0.39 is 0 Å². The zero-order chi connectivity index (χ0) is 41.0. The SMILES string of the molecule is Cc1ccc2c(c1)ncn2-c1cc(-c2ccoc2)nc(N[C@@H](C)c2ccccc2)n1.Cc1ccc2ncn(-c3cc(-c4ccoc4)nc(N[C@@H](C)c4ccccc4)n3)c2c1. The van der Waals surface area contributed by atoms with Gasteiger partial charge >= 0.3 is 0 Å². The van der Waals surface area contributed by atoms with Crippen molar-refractivity contribution < 1.29 is 8.83 Å². The molecule has 0 amide bonds. The monoisotopic (exact) mass is 790 g/mol. The van der Waals surface area contributed by atoms with Gasteiger partial charge in [-0.2, -0.15) is 9.97 Å². The molecule has 0 unspecified atom stereocenters. The summed E-state index contributed by atoms with van der Waals surface area (Å²) in [5, 5.41) is 6.87. The molecule has 0 saturated carbocycles. The summed E-state index contributed by atoms with van der Waals surface area (Å²) in [6.07, 6.45) is 10.3. The van der Waals surface area contributed by atoms with Gasteiger partial charge in [-0.1, -0.05) is 72.8 Å². The van der Waals surface area contributed by atoms with Crippen molar-refractivity contribution in [2.24, 2.45) is 0 Å². The van der Waals surface area contributed by atoms with Crippen LogP contribution in [-0.2, 0) is 0 Å². The molecule has 2 N–H and O–H groups in total. The highest BCUT2D eigenvalue weighted by atomic mass is 16.3. The van der Waals surface area contributed by atoms with Gasteiger partial charge in [0.1, 0.15) is 24.3 Å². The van der Waals surface area contributed by atoms with Crippen LogP contribution in [-0.4, -0.2) is 39.0 Å². The van der Waals surface area contributed by atoms with Crippen LogP contribution < -0.4 is 10.6 Å². The smallest absolute Gasteiger partial charge is 0.225 e. The van der Waals surface area contributed by atoms with E-state index in [9.17, 15) is 0 Å². The van der Waals surface area contributed by atoms with Crippen LogP contribution in [0.2, 0.25) is 0 Å². The third-order valence-corrected chi connectivity index (χ3v) is 10.2. The predicted octanol–water partition coefficient (Wildman–Crippen LogP) is 11.1. The normalized spacial score (nSPS) is 12.2. The molecule has 4 aromatic carbocycles. The van der Waals surface area contributed by atoms with Crippen LogP contribution in [0.1, 0.15) is 48.2 Å². The lowest BCUT2D eigenvalue weighted by Gasteiger charge is -2.16. The number of aromatic nitrogens is 8. The Bertz CT molecular complexity index is 2990.